The first kappa shape index (κ1) is 15.9. The van der Waals surface area contributed by atoms with Crippen molar-refractivity contribution in [1.82, 2.24) is 10.2 Å². The number of benzene rings is 1. The molecule has 0 radical (unpaired) electrons. The van der Waals surface area contributed by atoms with Gasteiger partial charge in [0.25, 0.3) is 0 Å². The lowest BCUT2D eigenvalue weighted by atomic mass is 9.84. The molecule has 0 bridgehead atoms. The molecule has 2 heterocycles. The molecule has 2 aliphatic rings. The van der Waals surface area contributed by atoms with Gasteiger partial charge in [0.2, 0.25) is 11.8 Å². The van der Waals surface area contributed by atoms with Crippen molar-refractivity contribution in [3.05, 3.63) is 35.4 Å². The van der Waals surface area contributed by atoms with Gasteiger partial charge in [-0.15, -0.1) is 0 Å². The minimum absolute atomic E-state index is 0.176. The molecule has 1 unspecified atom stereocenters. The van der Waals surface area contributed by atoms with Gasteiger partial charge < -0.3 is 4.79 Å². The Labute approximate surface area is 136 Å². The summed E-state index contributed by atoms with van der Waals surface area (Å²) >= 11 is 0. The normalized spacial score (nSPS) is 23.6. The van der Waals surface area contributed by atoms with Crippen molar-refractivity contribution in [2.75, 3.05) is 19.6 Å². The molecule has 5 heteroatoms. The fourth-order valence-electron chi connectivity index (χ4n) is 3.60. The molecule has 5 nitrogen and oxygen atoms in total. The zero-order valence-electron chi connectivity index (χ0n) is 13.2. The molecule has 3 rings (SSSR count). The maximum absolute atomic E-state index is 12.0. The van der Waals surface area contributed by atoms with Gasteiger partial charge in [0.15, 0.2) is 0 Å². The van der Waals surface area contributed by atoms with E-state index in [1.807, 2.05) is 12.1 Å². The Morgan fingerprint density at radius 1 is 1.13 bits per heavy atom. The molecular formula is C18H22N2O3. The Morgan fingerprint density at radius 2 is 1.87 bits per heavy atom. The van der Waals surface area contributed by atoms with Gasteiger partial charge in [-0.3, -0.25) is 19.8 Å². The quantitative estimate of drug-likeness (QED) is 0.677. The highest BCUT2D eigenvalue weighted by atomic mass is 16.2. The van der Waals surface area contributed by atoms with Crippen molar-refractivity contribution in [2.24, 2.45) is 0 Å². The van der Waals surface area contributed by atoms with Crippen molar-refractivity contribution in [2.45, 2.75) is 37.5 Å². The number of hydrogen-bond acceptors (Lipinski definition) is 4. The smallest absolute Gasteiger partial charge is 0.234 e. The van der Waals surface area contributed by atoms with Crippen LogP contribution >= 0.6 is 0 Å². The molecule has 1 N–H and O–H groups in total. The Balaban J connectivity index is 1.69. The van der Waals surface area contributed by atoms with Crippen LogP contribution in [0.4, 0.5) is 0 Å². The summed E-state index contributed by atoms with van der Waals surface area (Å²) in [4.78, 5) is 36.1. The average molecular weight is 314 g/mol. The van der Waals surface area contributed by atoms with E-state index in [-0.39, 0.29) is 17.7 Å². The van der Waals surface area contributed by atoms with Crippen LogP contribution in [-0.4, -0.2) is 42.6 Å². The lowest BCUT2D eigenvalue weighted by molar-refractivity contribution is -0.134. The van der Waals surface area contributed by atoms with E-state index in [1.54, 1.807) is 0 Å². The second-order valence-electron chi connectivity index (χ2n) is 6.42. The summed E-state index contributed by atoms with van der Waals surface area (Å²) in [5.41, 5.74) is 2.26. The maximum atomic E-state index is 12.0. The predicted octanol–water partition coefficient (Wildman–Crippen LogP) is 1.59. The SMILES string of the molecule is O=CCN1CCC(c2cccc(C3CCC(=O)NC3=O)c2)CC1. The molecule has 0 aromatic heterocycles. The van der Waals surface area contributed by atoms with Crippen LogP contribution in [-0.2, 0) is 14.4 Å². The van der Waals surface area contributed by atoms with E-state index < -0.39 is 0 Å². The van der Waals surface area contributed by atoms with E-state index in [4.69, 9.17) is 0 Å². The summed E-state index contributed by atoms with van der Waals surface area (Å²) in [5.74, 6) is -0.0990. The highest BCUT2D eigenvalue weighted by Crippen LogP contribution is 2.31. The molecular weight excluding hydrogens is 292 g/mol. The van der Waals surface area contributed by atoms with Gasteiger partial charge in [0.1, 0.15) is 6.29 Å². The molecule has 23 heavy (non-hydrogen) atoms. The summed E-state index contributed by atoms with van der Waals surface area (Å²) in [6.07, 6.45) is 4.03. The van der Waals surface area contributed by atoms with Crippen molar-refractivity contribution in [1.29, 1.82) is 0 Å². The highest BCUT2D eigenvalue weighted by Gasteiger charge is 2.28. The van der Waals surface area contributed by atoms with Crippen molar-refractivity contribution in [3.63, 3.8) is 0 Å². The summed E-state index contributed by atoms with van der Waals surface area (Å²) < 4.78 is 0. The van der Waals surface area contributed by atoms with Gasteiger partial charge in [-0.2, -0.15) is 0 Å². The molecule has 1 atom stereocenters. The third-order valence-corrected chi connectivity index (χ3v) is 4.94. The third-order valence-electron chi connectivity index (χ3n) is 4.94. The summed E-state index contributed by atoms with van der Waals surface area (Å²) in [6.45, 7) is 2.39. The lowest BCUT2D eigenvalue weighted by Crippen LogP contribution is -2.39. The van der Waals surface area contributed by atoms with E-state index in [2.05, 4.69) is 22.3 Å². The average Bonchev–Trinajstić information content (AvgIpc) is 2.56. The van der Waals surface area contributed by atoms with Crippen molar-refractivity contribution < 1.29 is 14.4 Å². The number of hydrogen-bond donors (Lipinski definition) is 1. The third kappa shape index (κ3) is 3.67. The molecule has 2 saturated heterocycles. The molecule has 0 saturated carbocycles. The van der Waals surface area contributed by atoms with E-state index >= 15 is 0 Å². The Morgan fingerprint density at radius 3 is 2.57 bits per heavy atom. The van der Waals surface area contributed by atoms with Crippen LogP contribution in [0.5, 0.6) is 0 Å². The molecule has 2 aliphatic heterocycles. The first-order chi connectivity index (χ1) is 11.2. The number of piperidine rings is 2. The number of amides is 2. The summed E-state index contributed by atoms with van der Waals surface area (Å²) in [7, 11) is 0. The Hall–Kier alpha value is -2.01. The Bertz CT molecular complexity index is 606. The number of imide groups is 1. The number of rotatable bonds is 4. The second-order valence-corrected chi connectivity index (χ2v) is 6.42. The first-order valence-electron chi connectivity index (χ1n) is 8.27. The van der Waals surface area contributed by atoms with Crippen LogP contribution in [0, 0.1) is 0 Å². The topological polar surface area (TPSA) is 66.5 Å². The summed E-state index contributed by atoms with van der Waals surface area (Å²) in [6, 6.07) is 8.23. The zero-order chi connectivity index (χ0) is 16.2. The van der Waals surface area contributed by atoms with E-state index in [0.717, 1.165) is 37.8 Å². The standard InChI is InChI=1S/C18H22N2O3/c21-11-10-20-8-6-13(7-9-20)14-2-1-3-15(12-14)16-4-5-17(22)19-18(16)23/h1-3,11-13,16H,4-10H2,(H,19,22,23). The number of nitrogens with one attached hydrogen (secondary N) is 1. The van der Waals surface area contributed by atoms with Crippen LogP contribution in [0.1, 0.15) is 48.6 Å². The second kappa shape index (κ2) is 7.04. The largest absolute Gasteiger partial charge is 0.302 e. The molecule has 0 aliphatic carbocycles. The minimum Gasteiger partial charge on any atom is -0.302 e. The number of carbonyl (C=O) groups excluding carboxylic acids is 3. The van der Waals surface area contributed by atoms with Crippen LogP contribution in [0.3, 0.4) is 0 Å². The molecule has 1 aromatic rings. The maximum Gasteiger partial charge on any atom is 0.234 e. The number of aldehydes is 1. The van der Waals surface area contributed by atoms with Gasteiger partial charge >= 0.3 is 0 Å². The van der Waals surface area contributed by atoms with Gasteiger partial charge in [0, 0.05) is 6.42 Å². The van der Waals surface area contributed by atoms with Crippen molar-refractivity contribution >= 4 is 18.1 Å². The van der Waals surface area contributed by atoms with Crippen LogP contribution in [0.25, 0.3) is 0 Å². The van der Waals surface area contributed by atoms with Gasteiger partial charge in [-0.25, -0.2) is 0 Å². The monoisotopic (exact) mass is 314 g/mol. The first-order valence-corrected chi connectivity index (χ1v) is 8.27. The van der Waals surface area contributed by atoms with E-state index in [9.17, 15) is 14.4 Å². The number of likely N-dealkylation sites (tertiary alicyclic amines) is 1. The Kier molecular flexibility index (Phi) is 4.86. The molecule has 2 amide bonds. The lowest BCUT2D eigenvalue weighted by Gasteiger charge is -2.31. The van der Waals surface area contributed by atoms with Crippen molar-refractivity contribution in [3.8, 4) is 0 Å². The van der Waals surface area contributed by atoms with Crippen LogP contribution < -0.4 is 5.32 Å². The highest BCUT2D eigenvalue weighted by molar-refractivity contribution is 6.00. The molecule has 0 spiro atoms. The molecule has 2 fully saturated rings. The summed E-state index contributed by atoms with van der Waals surface area (Å²) in [5, 5.41) is 2.43. The van der Waals surface area contributed by atoms with Gasteiger partial charge in [-0.05, 0) is 49.4 Å². The predicted molar refractivity (Wildman–Crippen MR) is 86.0 cm³/mol. The fourth-order valence-corrected chi connectivity index (χ4v) is 3.60. The van der Waals surface area contributed by atoms with E-state index in [0.29, 0.717) is 25.3 Å². The number of carbonyl (C=O) groups is 3. The van der Waals surface area contributed by atoms with Crippen LogP contribution in [0.2, 0.25) is 0 Å². The van der Waals surface area contributed by atoms with Gasteiger partial charge in [-0.1, -0.05) is 24.3 Å². The number of nitrogens with zero attached hydrogens (tertiary/aromatic N) is 1. The molecule has 122 valence electrons. The van der Waals surface area contributed by atoms with E-state index in [1.165, 1.54) is 5.56 Å². The minimum atomic E-state index is -0.220. The van der Waals surface area contributed by atoms with Crippen LogP contribution in [0.15, 0.2) is 24.3 Å². The molecule has 1 aromatic carbocycles. The van der Waals surface area contributed by atoms with Gasteiger partial charge in [0.05, 0.1) is 12.5 Å². The zero-order valence-corrected chi connectivity index (χ0v) is 13.2. The fraction of sp³-hybridized carbons (Fsp3) is 0.500.